The lowest BCUT2D eigenvalue weighted by atomic mass is 10.1. The predicted octanol–water partition coefficient (Wildman–Crippen LogP) is 1.46. The second-order valence-corrected chi connectivity index (χ2v) is 3.52. The Morgan fingerprint density at radius 1 is 1.33 bits per heavy atom. The first-order chi connectivity index (χ1) is 7.29. The van der Waals surface area contributed by atoms with Gasteiger partial charge in [-0.05, 0) is 23.3 Å². The molecular formula is C12H13NO2. The smallest absolute Gasteiger partial charge is 0.337 e. The molecule has 0 amide bonds. The van der Waals surface area contributed by atoms with E-state index in [2.05, 4.69) is 16.1 Å². The Morgan fingerprint density at radius 3 is 2.47 bits per heavy atom. The molecule has 1 aliphatic heterocycles. The van der Waals surface area contributed by atoms with Gasteiger partial charge >= 0.3 is 5.97 Å². The van der Waals surface area contributed by atoms with Crippen LogP contribution in [-0.2, 0) is 4.74 Å². The predicted molar refractivity (Wildman–Crippen MR) is 58.6 cm³/mol. The van der Waals surface area contributed by atoms with Crippen LogP contribution in [0.25, 0.3) is 6.08 Å². The van der Waals surface area contributed by atoms with Crippen molar-refractivity contribution in [1.29, 1.82) is 0 Å². The maximum absolute atomic E-state index is 11.2. The molecule has 0 unspecified atom stereocenters. The second-order valence-electron chi connectivity index (χ2n) is 3.52. The Labute approximate surface area is 88.8 Å². The molecule has 1 aromatic rings. The minimum absolute atomic E-state index is 0.292. The van der Waals surface area contributed by atoms with Gasteiger partial charge in [0.05, 0.1) is 12.7 Å². The van der Waals surface area contributed by atoms with E-state index in [4.69, 9.17) is 0 Å². The molecule has 0 radical (unpaired) electrons. The summed E-state index contributed by atoms with van der Waals surface area (Å²) in [4.78, 5) is 11.2. The number of carbonyl (C=O) groups is 1. The molecule has 1 saturated heterocycles. The van der Waals surface area contributed by atoms with E-state index in [-0.39, 0.29) is 5.97 Å². The van der Waals surface area contributed by atoms with E-state index in [0.717, 1.165) is 18.7 Å². The fourth-order valence-corrected chi connectivity index (χ4v) is 1.44. The molecule has 3 nitrogen and oxygen atoms in total. The van der Waals surface area contributed by atoms with Crippen LogP contribution in [0, 0.1) is 0 Å². The summed E-state index contributed by atoms with van der Waals surface area (Å²) in [6.45, 7) is 1.94. The average molecular weight is 203 g/mol. The van der Waals surface area contributed by atoms with Gasteiger partial charge in [0.2, 0.25) is 0 Å². The van der Waals surface area contributed by atoms with Gasteiger partial charge in [-0.15, -0.1) is 0 Å². The standard InChI is InChI=1S/C12H13NO2/c1-15-12(14)11-4-2-9(3-5-11)6-10-7-13-8-10/h2-6,13H,7-8H2,1H3. The quantitative estimate of drug-likeness (QED) is 0.739. The lowest BCUT2D eigenvalue weighted by molar-refractivity contribution is 0.0601. The number of benzene rings is 1. The molecule has 1 N–H and O–H groups in total. The van der Waals surface area contributed by atoms with Crippen molar-refractivity contribution in [3.05, 3.63) is 41.0 Å². The normalized spacial score (nSPS) is 14.3. The fourth-order valence-electron chi connectivity index (χ4n) is 1.44. The van der Waals surface area contributed by atoms with Crippen LogP contribution in [0.3, 0.4) is 0 Å². The number of hydrogen-bond donors (Lipinski definition) is 1. The molecule has 1 aromatic carbocycles. The lowest BCUT2D eigenvalue weighted by Gasteiger charge is -2.18. The van der Waals surface area contributed by atoms with Crippen molar-refractivity contribution >= 4 is 12.0 Å². The molecule has 1 heterocycles. The Hall–Kier alpha value is -1.61. The number of nitrogens with one attached hydrogen (secondary N) is 1. The zero-order chi connectivity index (χ0) is 10.7. The van der Waals surface area contributed by atoms with E-state index in [1.165, 1.54) is 12.7 Å². The summed E-state index contributed by atoms with van der Waals surface area (Å²) in [5.41, 5.74) is 3.10. The number of esters is 1. The highest BCUT2D eigenvalue weighted by Crippen LogP contribution is 2.11. The van der Waals surface area contributed by atoms with E-state index in [9.17, 15) is 4.79 Å². The second kappa shape index (κ2) is 4.28. The molecule has 15 heavy (non-hydrogen) atoms. The largest absolute Gasteiger partial charge is 0.465 e. The lowest BCUT2D eigenvalue weighted by Crippen LogP contribution is -2.33. The number of hydrogen-bond acceptors (Lipinski definition) is 3. The van der Waals surface area contributed by atoms with Crippen LogP contribution in [0.1, 0.15) is 15.9 Å². The highest BCUT2D eigenvalue weighted by Gasteiger charge is 2.07. The van der Waals surface area contributed by atoms with Crippen LogP contribution >= 0.6 is 0 Å². The minimum Gasteiger partial charge on any atom is -0.465 e. The van der Waals surface area contributed by atoms with Crippen LogP contribution in [0.15, 0.2) is 29.8 Å². The van der Waals surface area contributed by atoms with E-state index in [0.29, 0.717) is 5.56 Å². The van der Waals surface area contributed by atoms with E-state index >= 15 is 0 Å². The first kappa shape index (κ1) is 9.93. The Bertz CT molecular complexity index is 387. The highest BCUT2D eigenvalue weighted by atomic mass is 16.5. The molecule has 1 fully saturated rings. The van der Waals surface area contributed by atoms with Gasteiger partial charge in [0, 0.05) is 13.1 Å². The molecule has 0 spiro atoms. The number of methoxy groups -OCH3 is 1. The molecule has 0 saturated carbocycles. The first-order valence-corrected chi connectivity index (χ1v) is 4.88. The van der Waals surface area contributed by atoms with Gasteiger partial charge in [-0.1, -0.05) is 18.2 Å². The van der Waals surface area contributed by atoms with E-state index in [1.807, 2.05) is 12.1 Å². The van der Waals surface area contributed by atoms with Gasteiger partial charge in [0.15, 0.2) is 0 Å². The van der Waals surface area contributed by atoms with Crippen molar-refractivity contribution in [2.24, 2.45) is 0 Å². The third kappa shape index (κ3) is 2.25. The molecular weight excluding hydrogens is 190 g/mol. The Morgan fingerprint density at radius 2 is 2.00 bits per heavy atom. The highest BCUT2D eigenvalue weighted by molar-refractivity contribution is 5.89. The maximum atomic E-state index is 11.2. The molecule has 0 aliphatic carbocycles. The monoisotopic (exact) mass is 203 g/mol. The van der Waals surface area contributed by atoms with Crippen molar-refractivity contribution < 1.29 is 9.53 Å². The number of carbonyl (C=O) groups excluding carboxylic acids is 1. The molecule has 1 aliphatic rings. The van der Waals surface area contributed by atoms with Crippen LogP contribution in [0.5, 0.6) is 0 Å². The van der Waals surface area contributed by atoms with Gasteiger partial charge in [-0.3, -0.25) is 0 Å². The van der Waals surface area contributed by atoms with E-state index < -0.39 is 0 Å². The minimum atomic E-state index is -0.292. The SMILES string of the molecule is COC(=O)c1ccc(C=C2CNC2)cc1. The third-order valence-electron chi connectivity index (χ3n) is 2.41. The fraction of sp³-hybridized carbons (Fsp3) is 0.250. The van der Waals surface area contributed by atoms with Crippen LogP contribution in [-0.4, -0.2) is 26.2 Å². The van der Waals surface area contributed by atoms with Gasteiger partial charge in [-0.25, -0.2) is 4.79 Å². The van der Waals surface area contributed by atoms with Gasteiger partial charge in [-0.2, -0.15) is 0 Å². The van der Waals surface area contributed by atoms with Crippen molar-refractivity contribution in [2.45, 2.75) is 0 Å². The van der Waals surface area contributed by atoms with Crippen LogP contribution < -0.4 is 5.32 Å². The van der Waals surface area contributed by atoms with Crippen molar-refractivity contribution in [1.82, 2.24) is 5.32 Å². The summed E-state index contributed by atoms with van der Waals surface area (Å²) in [6, 6.07) is 7.42. The summed E-state index contributed by atoms with van der Waals surface area (Å²) in [5, 5.41) is 3.18. The summed E-state index contributed by atoms with van der Waals surface area (Å²) in [5.74, 6) is -0.292. The van der Waals surface area contributed by atoms with Crippen molar-refractivity contribution in [3.8, 4) is 0 Å². The summed E-state index contributed by atoms with van der Waals surface area (Å²) < 4.78 is 4.63. The summed E-state index contributed by atoms with van der Waals surface area (Å²) in [7, 11) is 1.39. The number of rotatable bonds is 2. The Balaban J connectivity index is 2.13. The molecule has 3 heteroatoms. The molecule has 0 aromatic heterocycles. The average Bonchev–Trinajstić information content (AvgIpc) is 2.23. The maximum Gasteiger partial charge on any atom is 0.337 e. The topological polar surface area (TPSA) is 38.3 Å². The molecule has 0 bridgehead atoms. The molecule has 78 valence electrons. The number of ether oxygens (including phenoxy) is 1. The van der Waals surface area contributed by atoms with Crippen molar-refractivity contribution in [3.63, 3.8) is 0 Å². The zero-order valence-corrected chi connectivity index (χ0v) is 8.62. The zero-order valence-electron chi connectivity index (χ0n) is 8.62. The summed E-state index contributed by atoms with van der Waals surface area (Å²) in [6.07, 6.45) is 2.14. The van der Waals surface area contributed by atoms with Crippen LogP contribution in [0.2, 0.25) is 0 Å². The van der Waals surface area contributed by atoms with Gasteiger partial charge in [0.25, 0.3) is 0 Å². The Kier molecular flexibility index (Phi) is 2.83. The van der Waals surface area contributed by atoms with Gasteiger partial charge in [0.1, 0.15) is 0 Å². The van der Waals surface area contributed by atoms with Crippen LogP contribution in [0.4, 0.5) is 0 Å². The first-order valence-electron chi connectivity index (χ1n) is 4.88. The summed E-state index contributed by atoms with van der Waals surface area (Å²) >= 11 is 0. The third-order valence-corrected chi connectivity index (χ3v) is 2.41. The molecule has 2 rings (SSSR count). The van der Waals surface area contributed by atoms with Crippen molar-refractivity contribution in [2.75, 3.05) is 20.2 Å². The van der Waals surface area contributed by atoms with E-state index in [1.54, 1.807) is 12.1 Å². The van der Waals surface area contributed by atoms with Gasteiger partial charge < -0.3 is 10.1 Å². The molecule has 0 atom stereocenters.